The van der Waals surface area contributed by atoms with Gasteiger partial charge in [0.1, 0.15) is 5.01 Å². The summed E-state index contributed by atoms with van der Waals surface area (Å²) in [6, 6.07) is 8.56. The van der Waals surface area contributed by atoms with Gasteiger partial charge < -0.3 is 5.32 Å². The molecule has 0 saturated heterocycles. The summed E-state index contributed by atoms with van der Waals surface area (Å²) in [5.41, 5.74) is 2.57. The fourth-order valence-electron chi connectivity index (χ4n) is 1.91. The van der Waals surface area contributed by atoms with Gasteiger partial charge in [-0.15, -0.1) is 11.3 Å². The van der Waals surface area contributed by atoms with Gasteiger partial charge in [-0.3, -0.25) is 4.79 Å². The highest BCUT2D eigenvalue weighted by atomic mass is 32.1. The fourth-order valence-corrected chi connectivity index (χ4v) is 2.80. The standard InChI is InChI=1S/C16H20N2OS/c1-3-4-15(19)17-11-16-18-10-14(20-16)9-13-7-5-12(2)6-8-13/h5-8,10H,3-4,9,11H2,1-2H3,(H,17,19). The van der Waals surface area contributed by atoms with E-state index in [1.165, 1.54) is 16.0 Å². The summed E-state index contributed by atoms with van der Waals surface area (Å²) in [6.45, 7) is 4.63. The number of benzene rings is 1. The summed E-state index contributed by atoms with van der Waals surface area (Å²) in [5, 5.41) is 3.86. The number of hydrogen-bond donors (Lipinski definition) is 1. The lowest BCUT2D eigenvalue weighted by molar-refractivity contribution is -0.121. The Kier molecular flexibility index (Phi) is 5.30. The Morgan fingerprint density at radius 3 is 2.75 bits per heavy atom. The van der Waals surface area contributed by atoms with Crippen molar-refractivity contribution in [1.29, 1.82) is 0 Å². The number of aryl methyl sites for hydroxylation is 1. The SMILES string of the molecule is CCCC(=O)NCc1ncc(Cc2ccc(C)cc2)s1. The van der Waals surface area contributed by atoms with Gasteiger partial charge in [-0.1, -0.05) is 36.8 Å². The zero-order chi connectivity index (χ0) is 14.4. The summed E-state index contributed by atoms with van der Waals surface area (Å²) < 4.78 is 0. The highest BCUT2D eigenvalue weighted by Gasteiger charge is 2.05. The first-order valence-electron chi connectivity index (χ1n) is 6.93. The van der Waals surface area contributed by atoms with Crippen molar-refractivity contribution in [1.82, 2.24) is 10.3 Å². The monoisotopic (exact) mass is 288 g/mol. The number of amides is 1. The van der Waals surface area contributed by atoms with Gasteiger partial charge in [0.25, 0.3) is 0 Å². The van der Waals surface area contributed by atoms with Gasteiger partial charge in [0.05, 0.1) is 6.54 Å². The lowest BCUT2D eigenvalue weighted by Gasteiger charge is -2.01. The van der Waals surface area contributed by atoms with Crippen LogP contribution in [0.4, 0.5) is 0 Å². The maximum atomic E-state index is 11.4. The molecular formula is C16H20N2OS. The molecule has 20 heavy (non-hydrogen) atoms. The zero-order valence-electron chi connectivity index (χ0n) is 12.0. The van der Waals surface area contributed by atoms with Crippen LogP contribution in [0.15, 0.2) is 30.5 Å². The van der Waals surface area contributed by atoms with Gasteiger partial charge in [0.15, 0.2) is 0 Å². The quantitative estimate of drug-likeness (QED) is 0.884. The van der Waals surface area contributed by atoms with E-state index in [1.54, 1.807) is 11.3 Å². The summed E-state index contributed by atoms with van der Waals surface area (Å²) in [6.07, 6.45) is 4.27. The molecule has 1 aromatic heterocycles. The third-order valence-corrected chi connectivity index (χ3v) is 4.01. The highest BCUT2D eigenvalue weighted by Crippen LogP contribution is 2.17. The van der Waals surface area contributed by atoms with Crippen molar-refractivity contribution in [3.8, 4) is 0 Å². The van der Waals surface area contributed by atoms with Crippen molar-refractivity contribution < 1.29 is 4.79 Å². The molecule has 1 N–H and O–H groups in total. The lowest BCUT2D eigenvalue weighted by atomic mass is 10.1. The predicted molar refractivity (Wildman–Crippen MR) is 82.9 cm³/mol. The van der Waals surface area contributed by atoms with Crippen LogP contribution in [0, 0.1) is 6.92 Å². The zero-order valence-corrected chi connectivity index (χ0v) is 12.8. The van der Waals surface area contributed by atoms with E-state index in [4.69, 9.17) is 0 Å². The topological polar surface area (TPSA) is 42.0 Å². The van der Waals surface area contributed by atoms with Crippen molar-refractivity contribution >= 4 is 17.2 Å². The molecule has 0 radical (unpaired) electrons. The molecule has 0 aliphatic carbocycles. The number of nitrogens with zero attached hydrogens (tertiary/aromatic N) is 1. The molecule has 1 amide bonds. The van der Waals surface area contributed by atoms with Gasteiger partial charge >= 0.3 is 0 Å². The minimum atomic E-state index is 0.0998. The van der Waals surface area contributed by atoms with Crippen LogP contribution >= 0.6 is 11.3 Å². The molecule has 0 aliphatic rings. The minimum Gasteiger partial charge on any atom is -0.350 e. The normalized spacial score (nSPS) is 10.5. The second kappa shape index (κ2) is 7.20. The molecule has 0 atom stereocenters. The van der Waals surface area contributed by atoms with Crippen molar-refractivity contribution in [3.63, 3.8) is 0 Å². The van der Waals surface area contributed by atoms with E-state index in [0.29, 0.717) is 13.0 Å². The van der Waals surface area contributed by atoms with E-state index in [0.717, 1.165) is 17.8 Å². The van der Waals surface area contributed by atoms with Crippen LogP contribution in [-0.4, -0.2) is 10.9 Å². The molecule has 0 fully saturated rings. The number of hydrogen-bond acceptors (Lipinski definition) is 3. The van der Waals surface area contributed by atoms with Gasteiger partial charge in [0.2, 0.25) is 5.91 Å². The van der Waals surface area contributed by atoms with Gasteiger partial charge in [0, 0.05) is 23.9 Å². The van der Waals surface area contributed by atoms with Crippen LogP contribution in [-0.2, 0) is 17.8 Å². The molecule has 3 nitrogen and oxygen atoms in total. The Morgan fingerprint density at radius 2 is 2.05 bits per heavy atom. The van der Waals surface area contributed by atoms with E-state index in [1.807, 2.05) is 13.1 Å². The third kappa shape index (κ3) is 4.46. The molecule has 2 aromatic rings. The first kappa shape index (κ1) is 14.7. The molecule has 1 aromatic carbocycles. The molecule has 0 spiro atoms. The van der Waals surface area contributed by atoms with Crippen LogP contribution in [0.3, 0.4) is 0 Å². The minimum absolute atomic E-state index is 0.0998. The van der Waals surface area contributed by atoms with E-state index in [9.17, 15) is 4.79 Å². The van der Waals surface area contributed by atoms with E-state index in [-0.39, 0.29) is 5.91 Å². The molecule has 0 aliphatic heterocycles. The van der Waals surface area contributed by atoms with Crippen LogP contribution in [0.2, 0.25) is 0 Å². The summed E-state index contributed by atoms with van der Waals surface area (Å²) >= 11 is 1.67. The number of aromatic nitrogens is 1. The second-order valence-electron chi connectivity index (χ2n) is 4.91. The first-order chi connectivity index (χ1) is 9.67. The largest absolute Gasteiger partial charge is 0.350 e. The molecule has 0 saturated carbocycles. The fraction of sp³-hybridized carbons (Fsp3) is 0.375. The highest BCUT2D eigenvalue weighted by molar-refractivity contribution is 7.11. The summed E-state index contributed by atoms with van der Waals surface area (Å²) in [7, 11) is 0. The van der Waals surface area contributed by atoms with E-state index in [2.05, 4.69) is 41.5 Å². The van der Waals surface area contributed by atoms with Crippen LogP contribution in [0.5, 0.6) is 0 Å². The molecule has 0 bridgehead atoms. The van der Waals surface area contributed by atoms with E-state index >= 15 is 0 Å². The van der Waals surface area contributed by atoms with Crippen molar-refractivity contribution in [3.05, 3.63) is 51.5 Å². The Labute approximate surface area is 124 Å². The van der Waals surface area contributed by atoms with Gasteiger partial charge in [-0.2, -0.15) is 0 Å². The maximum absolute atomic E-state index is 11.4. The number of thiazole rings is 1. The van der Waals surface area contributed by atoms with Crippen LogP contribution in [0.25, 0.3) is 0 Å². The van der Waals surface area contributed by atoms with Crippen molar-refractivity contribution in [2.24, 2.45) is 0 Å². The number of nitrogens with one attached hydrogen (secondary N) is 1. The molecular weight excluding hydrogens is 268 g/mol. The van der Waals surface area contributed by atoms with Crippen molar-refractivity contribution in [2.45, 2.75) is 39.7 Å². The number of carbonyl (C=O) groups is 1. The van der Waals surface area contributed by atoms with Crippen LogP contribution in [0.1, 0.15) is 40.8 Å². The Balaban J connectivity index is 1.88. The second-order valence-corrected chi connectivity index (χ2v) is 6.11. The number of rotatable bonds is 6. The van der Waals surface area contributed by atoms with Gasteiger partial charge in [-0.25, -0.2) is 4.98 Å². The van der Waals surface area contributed by atoms with Gasteiger partial charge in [-0.05, 0) is 18.9 Å². The molecule has 4 heteroatoms. The van der Waals surface area contributed by atoms with Crippen LogP contribution < -0.4 is 5.32 Å². The predicted octanol–water partition coefficient (Wildman–Crippen LogP) is 3.46. The first-order valence-corrected chi connectivity index (χ1v) is 7.75. The Hall–Kier alpha value is -1.68. The maximum Gasteiger partial charge on any atom is 0.220 e. The molecule has 1 heterocycles. The average Bonchev–Trinajstić information content (AvgIpc) is 2.87. The average molecular weight is 288 g/mol. The molecule has 106 valence electrons. The molecule has 0 unspecified atom stereocenters. The Bertz CT molecular complexity index is 560. The van der Waals surface area contributed by atoms with E-state index < -0.39 is 0 Å². The smallest absolute Gasteiger partial charge is 0.220 e. The summed E-state index contributed by atoms with van der Waals surface area (Å²) in [5.74, 6) is 0.0998. The molecule has 2 rings (SSSR count). The summed E-state index contributed by atoms with van der Waals surface area (Å²) in [4.78, 5) is 17.0. The third-order valence-electron chi connectivity index (χ3n) is 3.01. The van der Waals surface area contributed by atoms with Crippen molar-refractivity contribution in [2.75, 3.05) is 0 Å². The Morgan fingerprint density at radius 1 is 1.30 bits per heavy atom. The lowest BCUT2D eigenvalue weighted by Crippen LogP contribution is -2.21. The number of carbonyl (C=O) groups excluding carboxylic acids is 1.